The topological polar surface area (TPSA) is 86.2 Å². The first-order valence-electron chi connectivity index (χ1n) is 10.00. The van der Waals surface area contributed by atoms with Crippen molar-refractivity contribution in [2.24, 2.45) is 5.10 Å². The summed E-state index contributed by atoms with van der Waals surface area (Å²) in [7, 11) is 0. The number of hydrazone groups is 1. The molecule has 34 heavy (non-hydrogen) atoms. The van der Waals surface area contributed by atoms with Crippen LogP contribution in [0.2, 0.25) is 5.02 Å². The molecule has 1 N–H and O–H groups in total. The third-order valence-corrected chi connectivity index (χ3v) is 5.59. The van der Waals surface area contributed by atoms with E-state index in [1.165, 1.54) is 6.21 Å². The van der Waals surface area contributed by atoms with E-state index in [4.69, 9.17) is 25.8 Å². The minimum Gasteiger partial charge on any atom is -0.490 e. The van der Waals surface area contributed by atoms with Gasteiger partial charge in [-0.05, 0) is 89.1 Å². The van der Waals surface area contributed by atoms with Crippen LogP contribution >= 0.6 is 43.5 Å². The van der Waals surface area contributed by atoms with Gasteiger partial charge in [0.2, 0.25) is 0 Å². The molecule has 0 bridgehead atoms. The normalized spacial score (nSPS) is 10.7. The zero-order valence-electron chi connectivity index (χ0n) is 17.9. The van der Waals surface area contributed by atoms with Gasteiger partial charge in [-0.15, -0.1) is 0 Å². The van der Waals surface area contributed by atoms with E-state index in [0.717, 1.165) is 4.47 Å². The zero-order chi connectivity index (χ0) is 24.5. The molecule has 3 rings (SSSR count). The number of hydrogen-bond donors (Lipinski definition) is 1. The van der Waals surface area contributed by atoms with Crippen LogP contribution in [0.15, 0.2) is 74.7 Å². The van der Waals surface area contributed by atoms with E-state index in [1.807, 2.05) is 6.92 Å². The lowest BCUT2D eigenvalue weighted by atomic mass is 10.2. The summed E-state index contributed by atoms with van der Waals surface area (Å²) in [5, 5.41) is 4.48. The van der Waals surface area contributed by atoms with Crippen LogP contribution in [0.1, 0.15) is 22.8 Å². The molecule has 7 nitrogen and oxygen atoms in total. The number of carbonyl (C=O) groups excluding carboxylic acids is 2. The number of rotatable bonds is 9. The summed E-state index contributed by atoms with van der Waals surface area (Å²) in [6.45, 7) is 1.96. The molecule has 0 heterocycles. The van der Waals surface area contributed by atoms with Crippen molar-refractivity contribution < 1.29 is 23.8 Å². The maximum absolute atomic E-state index is 12.4. The van der Waals surface area contributed by atoms with Gasteiger partial charge in [0.25, 0.3) is 5.91 Å². The molecule has 0 atom stereocenters. The summed E-state index contributed by atoms with van der Waals surface area (Å²) in [6, 6.07) is 16.8. The highest BCUT2D eigenvalue weighted by atomic mass is 79.9. The highest BCUT2D eigenvalue weighted by molar-refractivity contribution is 9.10. The molecule has 0 saturated carbocycles. The lowest BCUT2D eigenvalue weighted by molar-refractivity contribution is -0.123. The summed E-state index contributed by atoms with van der Waals surface area (Å²) in [5.41, 5.74) is 3.43. The second kappa shape index (κ2) is 12.5. The van der Waals surface area contributed by atoms with Crippen LogP contribution in [-0.4, -0.2) is 31.3 Å². The number of esters is 1. The summed E-state index contributed by atoms with van der Waals surface area (Å²) in [4.78, 5) is 24.4. The molecule has 0 fully saturated rings. The smallest absolute Gasteiger partial charge is 0.343 e. The van der Waals surface area contributed by atoms with Crippen molar-refractivity contribution in [2.75, 3.05) is 13.2 Å². The van der Waals surface area contributed by atoms with Gasteiger partial charge in [0.05, 0.1) is 22.9 Å². The fourth-order valence-corrected chi connectivity index (χ4v) is 3.71. The lowest BCUT2D eigenvalue weighted by Crippen LogP contribution is -2.24. The second-order valence-corrected chi connectivity index (χ2v) is 8.90. The molecule has 10 heteroatoms. The Morgan fingerprint density at radius 2 is 1.71 bits per heavy atom. The number of benzene rings is 3. The van der Waals surface area contributed by atoms with Crippen LogP contribution in [0.5, 0.6) is 17.2 Å². The Labute approximate surface area is 218 Å². The molecule has 3 aromatic carbocycles. The predicted molar refractivity (Wildman–Crippen MR) is 137 cm³/mol. The van der Waals surface area contributed by atoms with E-state index in [1.54, 1.807) is 60.7 Å². The number of halogens is 3. The third kappa shape index (κ3) is 7.58. The van der Waals surface area contributed by atoms with Crippen LogP contribution < -0.4 is 19.6 Å². The Balaban J connectivity index is 1.59. The van der Waals surface area contributed by atoms with Gasteiger partial charge in [0.15, 0.2) is 18.1 Å². The predicted octanol–water partition coefficient (Wildman–Crippen LogP) is 6.01. The Kier molecular flexibility index (Phi) is 9.50. The standard InChI is InChI=1S/C24H19Br2ClN2O5/c1-2-32-22-11-15(3-9-21(22)34-24(31)16-4-6-17(25)7-5-16)13-28-29-23(30)14-33-20-10-8-18(27)12-19(20)26/h3-13H,2,14H2,1H3,(H,29,30)/b28-13+. The summed E-state index contributed by atoms with van der Waals surface area (Å²) in [6.07, 6.45) is 1.44. The molecule has 0 aliphatic rings. The van der Waals surface area contributed by atoms with Crippen LogP contribution in [0.4, 0.5) is 0 Å². The zero-order valence-corrected chi connectivity index (χ0v) is 21.8. The van der Waals surface area contributed by atoms with Gasteiger partial charge in [-0.25, -0.2) is 10.2 Å². The van der Waals surface area contributed by atoms with Gasteiger partial charge in [-0.2, -0.15) is 5.10 Å². The van der Waals surface area contributed by atoms with Gasteiger partial charge in [-0.1, -0.05) is 27.5 Å². The van der Waals surface area contributed by atoms with Gasteiger partial charge < -0.3 is 14.2 Å². The summed E-state index contributed by atoms with van der Waals surface area (Å²) < 4.78 is 18.0. The third-order valence-electron chi connectivity index (χ3n) is 4.21. The minimum atomic E-state index is -0.505. The molecule has 0 aliphatic heterocycles. The first-order chi connectivity index (χ1) is 16.4. The Morgan fingerprint density at radius 1 is 0.971 bits per heavy atom. The number of ether oxygens (including phenoxy) is 3. The van der Waals surface area contributed by atoms with Crippen molar-refractivity contribution in [2.45, 2.75) is 6.92 Å². The van der Waals surface area contributed by atoms with E-state index in [9.17, 15) is 9.59 Å². The molecule has 0 aromatic heterocycles. The van der Waals surface area contributed by atoms with E-state index < -0.39 is 11.9 Å². The van der Waals surface area contributed by atoms with Crippen molar-refractivity contribution in [1.82, 2.24) is 5.43 Å². The van der Waals surface area contributed by atoms with Crippen molar-refractivity contribution in [3.05, 3.63) is 85.8 Å². The van der Waals surface area contributed by atoms with Crippen LogP contribution in [-0.2, 0) is 4.79 Å². The van der Waals surface area contributed by atoms with Gasteiger partial charge in [-0.3, -0.25) is 4.79 Å². The number of nitrogens with one attached hydrogen (secondary N) is 1. The lowest BCUT2D eigenvalue weighted by Gasteiger charge is -2.11. The first kappa shape index (κ1) is 25.7. The monoisotopic (exact) mass is 608 g/mol. The largest absolute Gasteiger partial charge is 0.490 e. The number of nitrogens with zero attached hydrogens (tertiary/aromatic N) is 1. The molecular weight excluding hydrogens is 592 g/mol. The summed E-state index contributed by atoms with van der Waals surface area (Å²) >= 11 is 12.5. The van der Waals surface area contributed by atoms with Crippen LogP contribution in [0.25, 0.3) is 0 Å². The molecule has 0 radical (unpaired) electrons. The molecule has 176 valence electrons. The molecule has 3 aromatic rings. The van der Waals surface area contributed by atoms with Crippen molar-refractivity contribution in [1.29, 1.82) is 0 Å². The van der Waals surface area contributed by atoms with Crippen molar-refractivity contribution in [3.63, 3.8) is 0 Å². The van der Waals surface area contributed by atoms with Crippen LogP contribution in [0.3, 0.4) is 0 Å². The highest BCUT2D eigenvalue weighted by Gasteiger charge is 2.13. The fraction of sp³-hybridized carbons (Fsp3) is 0.125. The average Bonchev–Trinajstić information content (AvgIpc) is 2.80. The van der Waals surface area contributed by atoms with Crippen LogP contribution in [0, 0.1) is 0 Å². The maximum atomic E-state index is 12.4. The summed E-state index contributed by atoms with van der Waals surface area (Å²) in [5.74, 6) is 0.188. The Morgan fingerprint density at radius 3 is 2.41 bits per heavy atom. The molecule has 0 saturated heterocycles. The molecule has 1 amide bonds. The van der Waals surface area contributed by atoms with E-state index >= 15 is 0 Å². The quantitative estimate of drug-likeness (QED) is 0.139. The van der Waals surface area contributed by atoms with Gasteiger partial charge >= 0.3 is 5.97 Å². The van der Waals surface area contributed by atoms with Gasteiger partial charge in [0.1, 0.15) is 5.75 Å². The Bertz CT molecular complexity index is 1200. The highest BCUT2D eigenvalue weighted by Crippen LogP contribution is 2.29. The van der Waals surface area contributed by atoms with Crippen molar-refractivity contribution in [3.8, 4) is 17.2 Å². The van der Waals surface area contributed by atoms with E-state index in [2.05, 4.69) is 42.4 Å². The van der Waals surface area contributed by atoms with Crippen molar-refractivity contribution >= 4 is 61.6 Å². The average molecular weight is 611 g/mol. The number of amides is 1. The first-order valence-corrected chi connectivity index (χ1v) is 12.0. The second-order valence-electron chi connectivity index (χ2n) is 6.69. The number of carbonyl (C=O) groups is 2. The minimum absolute atomic E-state index is 0.229. The van der Waals surface area contributed by atoms with Gasteiger partial charge in [0, 0.05) is 9.50 Å². The molecule has 0 aliphatic carbocycles. The Hall–Kier alpha value is -2.88. The molecule has 0 unspecified atom stereocenters. The van der Waals surface area contributed by atoms with E-state index in [0.29, 0.717) is 38.7 Å². The van der Waals surface area contributed by atoms with E-state index in [-0.39, 0.29) is 12.4 Å². The molecular formula is C24H19Br2ClN2O5. The number of hydrogen-bond acceptors (Lipinski definition) is 6. The SMILES string of the molecule is CCOc1cc(/C=N/NC(=O)COc2ccc(Cl)cc2Br)ccc1OC(=O)c1ccc(Br)cc1. The maximum Gasteiger partial charge on any atom is 0.343 e. The molecule has 0 spiro atoms. The fourth-order valence-electron chi connectivity index (χ4n) is 2.65.